The molecule has 1 aliphatic heterocycles. The molecule has 1 aromatic rings. The smallest absolute Gasteiger partial charge is 0.411 e. The quantitative estimate of drug-likeness (QED) is 0.903. The number of likely N-dealkylation sites (tertiary alicyclic amines) is 1. The lowest BCUT2D eigenvalue weighted by Gasteiger charge is -2.37. The minimum atomic E-state index is -0.292. The summed E-state index contributed by atoms with van der Waals surface area (Å²) in [6.45, 7) is 7.16. The van der Waals surface area contributed by atoms with Crippen molar-refractivity contribution in [3.8, 4) is 0 Å². The van der Waals surface area contributed by atoms with Gasteiger partial charge in [0.2, 0.25) is 0 Å². The maximum Gasteiger partial charge on any atom is 0.411 e. The second-order valence-corrected chi connectivity index (χ2v) is 5.49. The predicted octanol–water partition coefficient (Wildman–Crippen LogP) is 2.92. The molecule has 2 unspecified atom stereocenters. The van der Waals surface area contributed by atoms with Crippen LogP contribution in [0.2, 0.25) is 0 Å². The summed E-state index contributed by atoms with van der Waals surface area (Å²) < 4.78 is 5.05. The first-order chi connectivity index (χ1) is 9.54. The summed E-state index contributed by atoms with van der Waals surface area (Å²) in [6, 6.07) is 6.37. The van der Waals surface area contributed by atoms with Crippen molar-refractivity contribution in [1.29, 1.82) is 0 Å². The van der Waals surface area contributed by atoms with Crippen LogP contribution < -0.4 is 5.73 Å². The molecular formula is C16H24N2O2. The number of nitrogens with zero attached hydrogens (tertiary/aromatic N) is 1. The molecule has 20 heavy (non-hydrogen) atoms. The van der Waals surface area contributed by atoms with Crippen LogP contribution in [-0.2, 0) is 4.74 Å². The average molecular weight is 276 g/mol. The van der Waals surface area contributed by atoms with E-state index in [1.165, 1.54) is 16.7 Å². The summed E-state index contributed by atoms with van der Waals surface area (Å²) >= 11 is 0. The lowest BCUT2D eigenvalue weighted by molar-refractivity contribution is 0.0742. The Morgan fingerprint density at radius 3 is 2.60 bits per heavy atom. The third kappa shape index (κ3) is 2.96. The molecule has 0 aromatic heterocycles. The van der Waals surface area contributed by atoms with Crippen molar-refractivity contribution in [2.75, 3.05) is 13.2 Å². The van der Waals surface area contributed by atoms with Crippen molar-refractivity contribution >= 4 is 6.09 Å². The third-order valence-electron chi connectivity index (χ3n) is 4.10. The first-order valence-corrected chi connectivity index (χ1v) is 7.29. The summed E-state index contributed by atoms with van der Waals surface area (Å²) in [4.78, 5) is 13.5. The molecule has 0 radical (unpaired) electrons. The van der Waals surface area contributed by atoms with Gasteiger partial charge in [-0.1, -0.05) is 18.2 Å². The van der Waals surface area contributed by atoms with Crippen LogP contribution in [0.3, 0.4) is 0 Å². The number of hydrogen-bond acceptors (Lipinski definition) is 3. The Bertz CT molecular complexity index is 467. The van der Waals surface area contributed by atoms with Crippen molar-refractivity contribution in [3.05, 3.63) is 34.9 Å². The number of carbonyl (C=O) groups is 1. The van der Waals surface area contributed by atoms with E-state index in [2.05, 4.69) is 32.0 Å². The van der Waals surface area contributed by atoms with Crippen LogP contribution in [0.1, 0.15) is 42.4 Å². The van der Waals surface area contributed by atoms with Crippen molar-refractivity contribution in [3.63, 3.8) is 0 Å². The fourth-order valence-electron chi connectivity index (χ4n) is 3.16. The molecular weight excluding hydrogens is 252 g/mol. The zero-order valence-electron chi connectivity index (χ0n) is 12.6. The van der Waals surface area contributed by atoms with Crippen LogP contribution in [0.5, 0.6) is 0 Å². The highest BCUT2D eigenvalue weighted by Gasteiger charge is 2.31. The van der Waals surface area contributed by atoms with Crippen molar-refractivity contribution in [2.45, 2.75) is 45.7 Å². The summed E-state index contributed by atoms with van der Waals surface area (Å²) in [6.07, 6.45) is 1.19. The summed E-state index contributed by atoms with van der Waals surface area (Å²) in [5, 5.41) is 0. The fourth-order valence-corrected chi connectivity index (χ4v) is 3.16. The van der Waals surface area contributed by atoms with Crippen LogP contribution in [0, 0.1) is 13.8 Å². The summed E-state index contributed by atoms with van der Waals surface area (Å²) in [5.41, 5.74) is 10.2. The Hall–Kier alpha value is -1.55. The SMILES string of the molecule is CCOC(=O)N1CCC(c2c(C)cccc2C)CC1N. The van der Waals surface area contributed by atoms with E-state index in [9.17, 15) is 4.79 Å². The van der Waals surface area contributed by atoms with E-state index >= 15 is 0 Å². The Labute approximate surface area is 120 Å². The summed E-state index contributed by atoms with van der Waals surface area (Å²) in [7, 11) is 0. The van der Waals surface area contributed by atoms with Gasteiger partial charge in [-0.3, -0.25) is 4.90 Å². The molecule has 0 saturated carbocycles. The maximum absolute atomic E-state index is 11.8. The van der Waals surface area contributed by atoms with E-state index in [0.717, 1.165) is 12.8 Å². The number of aryl methyl sites for hydroxylation is 2. The number of carbonyl (C=O) groups excluding carboxylic acids is 1. The molecule has 1 fully saturated rings. The number of nitrogens with two attached hydrogens (primary N) is 1. The van der Waals surface area contributed by atoms with Gasteiger partial charge in [0, 0.05) is 6.54 Å². The lowest BCUT2D eigenvalue weighted by atomic mass is 9.83. The number of piperidine rings is 1. The number of hydrogen-bond donors (Lipinski definition) is 1. The van der Waals surface area contributed by atoms with Crippen LogP contribution in [-0.4, -0.2) is 30.3 Å². The minimum absolute atomic E-state index is 0.258. The summed E-state index contributed by atoms with van der Waals surface area (Å²) in [5.74, 6) is 0.428. The first kappa shape index (κ1) is 14.9. The Kier molecular flexibility index (Phi) is 4.65. The maximum atomic E-state index is 11.8. The Morgan fingerprint density at radius 2 is 2.05 bits per heavy atom. The van der Waals surface area contributed by atoms with Gasteiger partial charge in [0.15, 0.2) is 0 Å². The second kappa shape index (κ2) is 6.27. The topological polar surface area (TPSA) is 55.6 Å². The lowest BCUT2D eigenvalue weighted by Crippen LogP contribution is -2.50. The Morgan fingerprint density at radius 1 is 1.40 bits per heavy atom. The number of ether oxygens (including phenoxy) is 1. The number of benzene rings is 1. The first-order valence-electron chi connectivity index (χ1n) is 7.29. The van der Waals surface area contributed by atoms with E-state index in [0.29, 0.717) is 19.1 Å². The van der Waals surface area contributed by atoms with E-state index in [1.54, 1.807) is 4.90 Å². The van der Waals surface area contributed by atoms with Crippen LogP contribution in [0.25, 0.3) is 0 Å². The zero-order chi connectivity index (χ0) is 14.7. The normalized spacial score (nSPS) is 22.7. The highest BCUT2D eigenvalue weighted by molar-refractivity contribution is 5.68. The molecule has 110 valence electrons. The third-order valence-corrected chi connectivity index (χ3v) is 4.10. The van der Waals surface area contributed by atoms with E-state index in [4.69, 9.17) is 10.5 Å². The molecule has 2 rings (SSSR count). The molecule has 1 heterocycles. The number of rotatable bonds is 2. The Balaban J connectivity index is 2.11. The molecule has 1 aliphatic rings. The van der Waals surface area contributed by atoms with Gasteiger partial charge < -0.3 is 10.5 Å². The van der Waals surface area contributed by atoms with Crippen molar-refractivity contribution < 1.29 is 9.53 Å². The molecule has 4 heteroatoms. The highest BCUT2D eigenvalue weighted by Crippen LogP contribution is 2.34. The van der Waals surface area contributed by atoms with Crippen molar-refractivity contribution in [1.82, 2.24) is 4.90 Å². The van der Waals surface area contributed by atoms with Crippen LogP contribution in [0.15, 0.2) is 18.2 Å². The van der Waals surface area contributed by atoms with Crippen LogP contribution in [0.4, 0.5) is 4.79 Å². The molecule has 1 saturated heterocycles. The van der Waals surface area contributed by atoms with Gasteiger partial charge in [0.1, 0.15) is 0 Å². The van der Waals surface area contributed by atoms with Gasteiger partial charge in [0.05, 0.1) is 12.8 Å². The van der Waals surface area contributed by atoms with E-state index in [-0.39, 0.29) is 12.3 Å². The van der Waals surface area contributed by atoms with Gasteiger partial charge in [0.25, 0.3) is 0 Å². The standard InChI is InChI=1S/C16H24N2O2/c1-4-20-16(19)18-9-8-13(10-14(18)17)15-11(2)6-5-7-12(15)3/h5-7,13-14H,4,8-10,17H2,1-3H3. The number of amides is 1. The van der Waals surface area contributed by atoms with E-state index in [1.807, 2.05) is 6.92 Å². The highest BCUT2D eigenvalue weighted by atomic mass is 16.6. The van der Waals surface area contributed by atoms with Gasteiger partial charge in [-0.2, -0.15) is 0 Å². The van der Waals surface area contributed by atoms with Gasteiger partial charge in [-0.05, 0) is 56.2 Å². The van der Waals surface area contributed by atoms with Gasteiger partial charge in [-0.25, -0.2) is 4.79 Å². The fraction of sp³-hybridized carbons (Fsp3) is 0.562. The van der Waals surface area contributed by atoms with E-state index < -0.39 is 0 Å². The van der Waals surface area contributed by atoms with Gasteiger partial charge >= 0.3 is 6.09 Å². The molecule has 1 aromatic carbocycles. The molecule has 0 spiro atoms. The van der Waals surface area contributed by atoms with Gasteiger partial charge in [-0.15, -0.1) is 0 Å². The van der Waals surface area contributed by atoms with Crippen LogP contribution >= 0.6 is 0 Å². The molecule has 4 nitrogen and oxygen atoms in total. The molecule has 0 aliphatic carbocycles. The molecule has 2 N–H and O–H groups in total. The largest absolute Gasteiger partial charge is 0.450 e. The monoisotopic (exact) mass is 276 g/mol. The molecule has 2 atom stereocenters. The van der Waals surface area contributed by atoms with Crippen molar-refractivity contribution in [2.24, 2.45) is 5.73 Å². The predicted molar refractivity (Wildman–Crippen MR) is 79.6 cm³/mol. The average Bonchev–Trinajstić information content (AvgIpc) is 2.38. The minimum Gasteiger partial charge on any atom is -0.450 e. The molecule has 0 bridgehead atoms. The zero-order valence-corrected chi connectivity index (χ0v) is 12.6. The molecule has 1 amide bonds. The second-order valence-electron chi connectivity index (χ2n) is 5.49.